The first-order valence-electron chi connectivity index (χ1n) is 6.67. The number of pyridine rings is 1. The van der Waals surface area contributed by atoms with Crippen molar-refractivity contribution in [2.75, 3.05) is 0 Å². The van der Waals surface area contributed by atoms with Crippen LogP contribution in [0.15, 0.2) is 42.6 Å². The van der Waals surface area contributed by atoms with Crippen LogP contribution in [0.4, 0.5) is 0 Å². The highest BCUT2D eigenvalue weighted by Crippen LogP contribution is 2.37. The average molecular weight is 268 g/mol. The van der Waals surface area contributed by atoms with Crippen molar-refractivity contribution < 1.29 is 4.57 Å². The van der Waals surface area contributed by atoms with Crippen molar-refractivity contribution >= 4 is 21.4 Å². The third-order valence-corrected chi connectivity index (χ3v) is 4.99. The second-order valence-electron chi connectivity index (χ2n) is 4.94. The molecular formula is C17H18NS+. The van der Waals surface area contributed by atoms with Gasteiger partial charge in [-0.25, -0.2) is 4.57 Å². The fourth-order valence-corrected chi connectivity index (χ4v) is 3.75. The van der Waals surface area contributed by atoms with Gasteiger partial charge in [0.05, 0.1) is 0 Å². The fraction of sp³-hybridized carbons (Fsp3) is 0.235. The predicted molar refractivity (Wildman–Crippen MR) is 82.6 cm³/mol. The summed E-state index contributed by atoms with van der Waals surface area (Å²) in [7, 11) is 2.11. The monoisotopic (exact) mass is 268 g/mol. The Morgan fingerprint density at radius 2 is 2.00 bits per heavy atom. The Hall–Kier alpha value is -1.67. The number of aryl methyl sites for hydroxylation is 3. The fourth-order valence-electron chi connectivity index (χ4n) is 2.49. The molecule has 2 heterocycles. The van der Waals surface area contributed by atoms with Gasteiger partial charge >= 0.3 is 0 Å². The van der Waals surface area contributed by atoms with Gasteiger partial charge in [-0.1, -0.05) is 19.1 Å². The maximum Gasteiger partial charge on any atom is 0.222 e. The first-order chi connectivity index (χ1) is 9.20. The van der Waals surface area contributed by atoms with E-state index in [-0.39, 0.29) is 0 Å². The second kappa shape index (κ2) is 4.78. The third-order valence-electron chi connectivity index (χ3n) is 3.70. The lowest BCUT2D eigenvalue weighted by Crippen LogP contribution is -2.29. The molecule has 0 saturated carbocycles. The maximum absolute atomic E-state index is 2.34. The molecule has 0 spiro atoms. The van der Waals surface area contributed by atoms with Crippen molar-refractivity contribution in [3.63, 3.8) is 0 Å². The number of aromatic nitrogens is 1. The van der Waals surface area contributed by atoms with E-state index in [1.54, 1.807) is 0 Å². The smallest absolute Gasteiger partial charge is 0.200 e. The maximum atomic E-state index is 2.34. The number of nitrogens with zero attached hydrogens (tertiary/aromatic N) is 1. The van der Waals surface area contributed by atoms with Crippen LogP contribution >= 0.6 is 11.3 Å². The van der Waals surface area contributed by atoms with E-state index < -0.39 is 0 Å². The van der Waals surface area contributed by atoms with Crippen molar-refractivity contribution in [2.45, 2.75) is 20.3 Å². The molecule has 96 valence electrons. The molecule has 0 radical (unpaired) electrons. The first kappa shape index (κ1) is 12.4. The van der Waals surface area contributed by atoms with Gasteiger partial charge in [0.2, 0.25) is 5.69 Å². The Bertz CT molecular complexity index is 740. The summed E-state index contributed by atoms with van der Waals surface area (Å²) < 4.78 is 3.58. The zero-order valence-electron chi connectivity index (χ0n) is 11.6. The topological polar surface area (TPSA) is 3.88 Å². The Labute approximate surface area is 118 Å². The van der Waals surface area contributed by atoms with Crippen molar-refractivity contribution in [1.29, 1.82) is 0 Å². The van der Waals surface area contributed by atoms with Crippen LogP contribution in [0.5, 0.6) is 0 Å². The van der Waals surface area contributed by atoms with Crippen LogP contribution < -0.4 is 4.57 Å². The van der Waals surface area contributed by atoms with Gasteiger partial charge in [-0.05, 0) is 42.0 Å². The number of fused-ring (bicyclic) bond motifs is 1. The molecule has 0 amide bonds. The van der Waals surface area contributed by atoms with Crippen LogP contribution in [0.3, 0.4) is 0 Å². The highest BCUT2D eigenvalue weighted by molar-refractivity contribution is 7.22. The zero-order valence-corrected chi connectivity index (χ0v) is 12.4. The van der Waals surface area contributed by atoms with E-state index in [0.717, 1.165) is 6.42 Å². The third kappa shape index (κ3) is 2.06. The minimum Gasteiger partial charge on any atom is -0.200 e. The van der Waals surface area contributed by atoms with Gasteiger partial charge in [-0.2, -0.15) is 0 Å². The minimum atomic E-state index is 1.10. The normalized spacial score (nSPS) is 11.1. The van der Waals surface area contributed by atoms with Gasteiger partial charge in [-0.15, -0.1) is 11.3 Å². The summed E-state index contributed by atoms with van der Waals surface area (Å²) in [5.74, 6) is 0. The van der Waals surface area contributed by atoms with Gasteiger partial charge in [0.25, 0.3) is 0 Å². The standard InChI is InChI=1S/C17H18NS/c1-4-13-8-9-16-14(11-13)12(2)17(19-16)15-7-5-6-10-18(15)3/h5-11H,4H2,1-3H3/q+1. The highest BCUT2D eigenvalue weighted by atomic mass is 32.1. The van der Waals surface area contributed by atoms with Crippen LogP contribution in [0.2, 0.25) is 0 Å². The molecule has 3 aromatic rings. The largest absolute Gasteiger partial charge is 0.222 e. The molecule has 19 heavy (non-hydrogen) atoms. The molecule has 1 nitrogen and oxygen atoms in total. The molecule has 0 atom stereocenters. The average Bonchev–Trinajstić information content (AvgIpc) is 2.76. The number of hydrogen-bond donors (Lipinski definition) is 0. The molecule has 0 fully saturated rings. The Morgan fingerprint density at radius 1 is 1.16 bits per heavy atom. The number of hydrogen-bond acceptors (Lipinski definition) is 1. The van der Waals surface area contributed by atoms with Gasteiger partial charge in [0.15, 0.2) is 6.20 Å². The molecule has 1 aromatic carbocycles. The van der Waals surface area contributed by atoms with E-state index in [9.17, 15) is 0 Å². The molecular weight excluding hydrogens is 250 g/mol. The predicted octanol–water partition coefficient (Wildman–Crippen LogP) is 4.26. The molecule has 3 rings (SSSR count). The van der Waals surface area contributed by atoms with Gasteiger partial charge in [-0.3, -0.25) is 0 Å². The molecule has 2 aromatic heterocycles. The van der Waals surface area contributed by atoms with Crippen LogP contribution in [0.1, 0.15) is 18.1 Å². The Morgan fingerprint density at radius 3 is 2.74 bits per heavy atom. The van der Waals surface area contributed by atoms with E-state index in [2.05, 4.69) is 68.1 Å². The molecule has 0 saturated heterocycles. The Balaban J connectivity index is 2.26. The van der Waals surface area contributed by atoms with Crippen LogP contribution in [0.25, 0.3) is 20.7 Å². The first-order valence-corrected chi connectivity index (χ1v) is 7.49. The molecule has 0 bridgehead atoms. The van der Waals surface area contributed by atoms with E-state index >= 15 is 0 Å². The lowest BCUT2D eigenvalue weighted by Gasteiger charge is -1.99. The SMILES string of the molecule is CCc1ccc2sc(-c3cccc[n+]3C)c(C)c2c1. The number of rotatable bonds is 2. The van der Waals surface area contributed by atoms with Crippen molar-refractivity contribution in [3.05, 3.63) is 53.7 Å². The van der Waals surface area contributed by atoms with Crippen LogP contribution in [-0.2, 0) is 13.5 Å². The van der Waals surface area contributed by atoms with Crippen molar-refractivity contribution in [2.24, 2.45) is 7.05 Å². The summed E-state index contributed by atoms with van der Waals surface area (Å²) in [4.78, 5) is 1.38. The van der Waals surface area contributed by atoms with Gasteiger partial charge in [0, 0.05) is 16.8 Å². The quantitative estimate of drug-likeness (QED) is 0.611. The summed E-state index contributed by atoms with van der Waals surface area (Å²) in [6.45, 7) is 4.45. The molecule has 0 aliphatic heterocycles. The zero-order chi connectivity index (χ0) is 13.4. The van der Waals surface area contributed by atoms with Crippen molar-refractivity contribution in [3.8, 4) is 10.6 Å². The molecule has 0 aliphatic rings. The van der Waals surface area contributed by atoms with E-state index in [1.807, 2.05) is 11.3 Å². The molecule has 0 N–H and O–H groups in total. The van der Waals surface area contributed by atoms with Gasteiger partial charge < -0.3 is 0 Å². The number of thiophene rings is 1. The van der Waals surface area contributed by atoms with E-state index in [0.29, 0.717) is 0 Å². The summed E-state index contributed by atoms with van der Waals surface area (Å²) in [5.41, 5.74) is 4.11. The van der Waals surface area contributed by atoms with E-state index in [1.165, 1.54) is 31.8 Å². The summed E-state index contributed by atoms with van der Waals surface area (Å²) in [5, 5.41) is 1.41. The second-order valence-corrected chi connectivity index (χ2v) is 5.99. The lowest BCUT2D eigenvalue weighted by atomic mass is 10.1. The molecule has 0 aliphatic carbocycles. The summed E-state index contributed by atoms with van der Waals surface area (Å²) in [6, 6.07) is 13.2. The Kier molecular flexibility index (Phi) is 3.11. The number of benzene rings is 1. The van der Waals surface area contributed by atoms with Crippen LogP contribution in [-0.4, -0.2) is 0 Å². The summed E-state index contributed by atoms with van der Waals surface area (Å²) >= 11 is 1.89. The minimum absolute atomic E-state index is 1.10. The van der Waals surface area contributed by atoms with E-state index in [4.69, 9.17) is 0 Å². The lowest BCUT2D eigenvalue weighted by molar-refractivity contribution is -0.660. The highest BCUT2D eigenvalue weighted by Gasteiger charge is 2.16. The molecule has 0 unspecified atom stereocenters. The molecule has 2 heteroatoms. The van der Waals surface area contributed by atoms with Crippen molar-refractivity contribution in [1.82, 2.24) is 0 Å². The summed E-state index contributed by atoms with van der Waals surface area (Å²) in [6.07, 6.45) is 3.20. The van der Waals surface area contributed by atoms with Gasteiger partial charge in [0.1, 0.15) is 11.9 Å². The van der Waals surface area contributed by atoms with Crippen LogP contribution in [0, 0.1) is 6.92 Å².